The zero-order valence-corrected chi connectivity index (χ0v) is 12.7. The molecule has 5 nitrogen and oxygen atoms in total. The molecule has 0 aliphatic heterocycles. The van der Waals surface area contributed by atoms with Crippen molar-refractivity contribution < 1.29 is 9.59 Å². The van der Waals surface area contributed by atoms with Gasteiger partial charge in [0.2, 0.25) is 5.91 Å². The fraction of sp³-hybridized carbons (Fsp3) is 0.467. The first-order chi connectivity index (χ1) is 9.08. The Morgan fingerprint density at radius 3 is 2.30 bits per heavy atom. The largest absolute Gasteiger partial charge is 0.399 e. The second kappa shape index (κ2) is 5.94. The van der Waals surface area contributed by atoms with E-state index in [4.69, 9.17) is 5.73 Å². The molecule has 0 bridgehead atoms. The van der Waals surface area contributed by atoms with E-state index < -0.39 is 6.04 Å². The van der Waals surface area contributed by atoms with Crippen LogP contribution in [-0.2, 0) is 4.79 Å². The monoisotopic (exact) mass is 277 g/mol. The number of aryl methyl sites for hydroxylation is 1. The number of benzene rings is 1. The third-order valence-corrected chi connectivity index (χ3v) is 2.60. The van der Waals surface area contributed by atoms with Gasteiger partial charge in [0.15, 0.2) is 0 Å². The quantitative estimate of drug-likeness (QED) is 0.734. The molecule has 4 N–H and O–H groups in total. The Bertz CT molecular complexity index is 498. The molecule has 5 heteroatoms. The maximum atomic E-state index is 12.1. The summed E-state index contributed by atoms with van der Waals surface area (Å²) in [6.07, 6.45) is 0. The Balaban J connectivity index is 2.72. The Kier molecular flexibility index (Phi) is 4.76. The van der Waals surface area contributed by atoms with E-state index >= 15 is 0 Å². The van der Waals surface area contributed by atoms with E-state index in [1.807, 2.05) is 27.7 Å². The number of rotatable bonds is 3. The van der Waals surface area contributed by atoms with E-state index in [1.165, 1.54) is 0 Å². The summed E-state index contributed by atoms with van der Waals surface area (Å²) in [7, 11) is 0. The minimum atomic E-state index is -0.608. The first-order valence-corrected chi connectivity index (χ1v) is 6.58. The number of carbonyl (C=O) groups excluding carboxylic acids is 2. The highest BCUT2D eigenvalue weighted by molar-refractivity contribution is 5.98. The Hall–Kier alpha value is -2.04. The van der Waals surface area contributed by atoms with Gasteiger partial charge in [-0.05, 0) is 58.4 Å². The molecular weight excluding hydrogens is 254 g/mol. The fourth-order valence-corrected chi connectivity index (χ4v) is 1.77. The first kappa shape index (κ1) is 16.0. The molecule has 0 saturated carbocycles. The molecule has 1 atom stereocenters. The molecule has 20 heavy (non-hydrogen) atoms. The van der Waals surface area contributed by atoms with E-state index in [0.29, 0.717) is 11.3 Å². The summed E-state index contributed by atoms with van der Waals surface area (Å²) in [6, 6.07) is 4.51. The molecule has 0 saturated heterocycles. The van der Waals surface area contributed by atoms with Crippen LogP contribution in [0.5, 0.6) is 0 Å². The average molecular weight is 277 g/mol. The van der Waals surface area contributed by atoms with Gasteiger partial charge >= 0.3 is 0 Å². The van der Waals surface area contributed by atoms with Crippen molar-refractivity contribution in [2.45, 2.75) is 46.2 Å². The van der Waals surface area contributed by atoms with Crippen LogP contribution in [0.2, 0.25) is 0 Å². The minimum Gasteiger partial charge on any atom is -0.399 e. The summed E-state index contributed by atoms with van der Waals surface area (Å²) in [4.78, 5) is 24.0. The summed E-state index contributed by atoms with van der Waals surface area (Å²) in [5.41, 5.74) is 7.27. The van der Waals surface area contributed by atoms with Crippen LogP contribution in [0, 0.1) is 6.92 Å². The van der Waals surface area contributed by atoms with E-state index in [2.05, 4.69) is 10.6 Å². The van der Waals surface area contributed by atoms with Crippen LogP contribution in [-0.4, -0.2) is 23.4 Å². The van der Waals surface area contributed by atoms with Gasteiger partial charge in [-0.1, -0.05) is 0 Å². The summed E-state index contributed by atoms with van der Waals surface area (Å²) >= 11 is 0. The lowest BCUT2D eigenvalue weighted by atomic mass is 10.1. The maximum Gasteiger partial charge on any atom is 0.252 e. The number of nitrogen functional groups attached to an aromatic ring is 1. The fourth-order valence-electron chi connectivity index (χ4n) is 1.77. The molecule has 1 aromatic rings. The Morgan fingerprint density at radius 1 is 1.20 bits per heavy atom. The number of amides is 2. The predicted octanol–water partition coefficient (Wildman–Crippen LogP) is 1.61. The molecule has 0 heterocycles. The predicted molar refractivity (Wildman–Crippen MR) is 80.4 cm³/mol. The molecule has 1 rings (SSSR count). The second-order valence-corrected chi connectivity index (χ2v) is 6.07. The summed E-state index contributed by atoms with van der Waals surface area (Å²) in [5, 5.41) is 5.49. The second-order valence-electron chi connectivity index (χ2n) is 6.07. The molecule has 1 aromatic carbocycles. The van der Waals surface area contributed by atoms with Gasteiger partial charge < -0.3 is 16.4 Å². The standard InChI is InChI=1S/C15H23N3O2/c1-9-6-11(8-12(16)7-9)14(20)17-10(2)13(19)18-15(3,4)5/h6-8,10H,16H2,1-5H3,(H,17,20)(H,18,19). The number of hydrogen-bond acceptors (Lipinski definition) is 3. The van der Waals surface area contributed by atoms with Crippen LogP contribution in [0.15, 0.2) is 18.2 Å². The van der Waals surface area contributed by atoms with E-state index in [1.54, 1.807) is 25.1 Å². The van der Waals surface area contributed by atoms with Crippen LogP contribution in [0.4, 0.5) is 5.69 Å². The molecule has 110 valence electrons. The van der Waals surface area contributed by atoms with Gasteiger partial charge in [0.1, 0.15) is 6.04 Å². The third-order valence-electron chi connectivity index (χ3n) is 2.60. The van der Waals surface area contributed by atoms with Crippen molar-refractivity contribution in [1.29, 1.82) is 0 Å². The van der Waals surface area contributed by atoms with Crippen molar-refractivity contribution in [3.05, 3.63) is 29.3 Å². The topological polar surface area (TPSA) is 84.2 Å². The van der Waals surface area contributed by atoms with E-state index in [0.717, 1.165) is 5.56 Å². The van der Waals surface area contributed by atoms with Gasteiger partial charge in [-0.3, -0.25) is 9.59 Å². The highest BCUT2D eigenvalue weighted by atomic mass is 16.2. The van der Waals surface area contributed by atoms with Crippen molar-refractivity contribution >= 4 is 17.5 Å². The molecule has 1 unspecified atom stereocenters. The van der Waals surface area contributed by atoms with Gasteiger partial charge in [-0.25, -0.2) is 0 Å². The molecule has 2 amide bonds. The van der Waals surface area contributed by atoms with Crippen molar-refractivity contribution in [1.82, 2.24) is 10.6 Å². The van der Waals surface area contributed by atoms with Crippen LogP contribution in [0.1, 0.15) is 43.6 Å². The average Bonchev–Trinajstić information content (AvgIpc) is 2.25. The van der Waals surface area contributed by atoms with E-state index in [9.17, 15) is 9.59 Å². The molecule has 0 aliphatic rings. The molecule has 0 spiro atoms. The van der Waals surface area contributed by atoms with Gasteiger partial charge in [-0.2, -0.15) is 0 Å². The highest BCUT2D eigenvalue weighted by Crippen LogP contribution is 2.11. The number of carbonyl (C=O) groups is 2. The SMILES string of the molecule is Cc1cc(N)cc(C(=O)NC(C)C(=O)NC(C)(C)C)c1. The maximum absolute atomic E-state index is 12.1. The zero-order chi connectivity index (χ0) is 15.5. The summed E-state index contributed by atoms with van der Waals surface area (Å²) in [5.74, 6) is -0.525. The van der Waals surface area contributed by atoms with E-state index in [-0.39, 0.29) is 17.4 Å². The summed E-state index contributed by atoms with van der Waals surface area (Å²) < 4.78 is 0. The number of anilines is 1. The lowest BCUT2D eigenvalue weighted by Gasteiger charge is -2.23. The van der Waals surface area contributed by atoms with Crippen LogP contribution in [0.25, 0.3) is 0 Å². The van der Waals surface area contributed by atoms with Crippen LogP contribution < -0.4 is 16.4 Å². The molecule has 0 aromatic heterocycles. The van der Waals surface area contributed by atoms with Crippen LogP contribution >= 0.6 is 0 Å². The zero-order valence-electron chi connectivity index (χ0n) is 12.7. The molecule has 0 aliphatic carbocycles. The van der Waals surface area contributed by atoms with Crippen molar-refractivity contribution in [3.63, 3.8) is 0 Å². The van der Waals surface area contributed by atoms with Gasteiger partial charge in [-0.15, -0.1) is 0 Å². The first-order valence-electron chi connectivity index (χ1n) is 6.58. The van der Waals surface area contributed by atoms with Crippen LogP contribution in [0.3, 0.4) is 0 Å². The van der Waals surface area contributed by atoms with Gasteiger partial charge in [0.25, 0.3) is 5.91 Å². The molecule has 0 fully saturated rings. The van der Waals surface area contributed by atoms with Crippen molar-refractivity contribution in [3.8, 4) is 0 Å². The van der Waals surface area contributed by atoms with Gasteiger partial charge in [0, 0.05) is 16.8 Å². The normalized spacial score (nSPS) is 12.7. The Labute approximate surface area is 119 Å². The number of nitrogens with two attached hydrogens (primary N) is 1. The minimum absolute atomic E-state index is 0.216. The van der Waals surface area contributed by atoms with Gasteiger partial charge in [0.05, 0.1) is 0 Å². The Morgan fingerprint density at radius 2 is 1.80 bits per heavy atom. The lowest BCUT2D eigenvalue weighted by Crippen LogP contribution is -2.50. The third kappa shape index (κ3) is 4.91. The number of hydrogen-bond donors (Lipinski definition) is 3. The smallest absolute Gasteiger partial charge is 0.252 e. The summed E-state index contributed by atoms with van der Waals surface area (Å²) in [6.45, 7) is 9.18. The lowest BCUT2D eigenvalue weighted by molar-refractivity contribution is -0.124. The number of nitrogens with one attached hydrogen (secondary N) is 2. The highest BCUT2D eigenvalue weighted by Gasteiger charge is 2.21. The van der Waals surface area contributed by atoms with Crippen molar-refractivity contribution in [2.24, 2.45) is 0 Å². The molecular formula is C15H23N3O2. The van der Waals surface area contributed by atoms with Crippen molar-refractivity contribution in [2.75, 3.05) is 5.73 Å². The molecule has 0 radical (unpaired) electrons.